The summed E-state index contributed by atoms with van der Waals surface area (Å²) in [6, 6.07) is 21.3. The molecular weight excluding hydrogens is 500 g/mol. The lowest BCUT2D eigenvalue weighted by Gasteiger charge is -2.21. The molecule has 0 saturated heterocycles. The van der Waals surface area contributed by atoms with E-state index in [1.165, 1.54) is 33.4 Å². The lowest BCUT2D eigenvalue weighted by molar-refractivity contribution is 0.824. The maximum Gasteiger partial charge on any atom is 0.0812 e. The minimum Gasteiger partial charge on any atom is -0.255 e. The third-order valence-electron chi connectivity index (χ3n) is 7.38. The van der Waals surface area contributed by atoms with Crippen molar-refractivity contribution in [3.63, 3.8) is 0 Å². The number of pyridine rings is 2. The fourth-order valence-electron chi connectivity index (χ4n) is 5.15. The minimum atomic E-state index is 0.351. The van der Waals surface area contributed by atoms with E-state index in [0.29, 0.717) is 23.7 Å². The molecule has 0 amide bonds. The Morgan fingerprint density at radius 2 is 0.878 bits per heavy atom. The zero-order valence-electron chi connectivity index (χ0n) is 25.9. The Kier molecular flexibility index (Phi) is 9.99. The van der Waals surface area contributed by atoms with Gasteiger partial charge in [0.25, 0.3) is 0 Å². The van der Waals surface area contributed by atoms with Crippen LogP contribution in [0.15, 0.2) is 83.0 Å². The highest BCUT2D eigenvalue weighted by molar-refractivity contribution is 5.81. The predicted molar refractivity (Wildman–Crippen MR) is 175 cm³/mol. The molecular formula is C37H44N4. The summed E-state index contributed by atoms with van der Waals surface area (Å²) in [5.74, 6) is 1.40. The number of hydrogen-bond acceptors (Lipinski definition) is 4. The smallest absolute Gasteiger partial charge is 0.0812 e. The van der Waals surface area contributed by atoms with Gasteiger partial charge in [-0.15, -0.1) is 0 Å². The van der Waals surface area contributed by atoms with Gasteiger partial charge in [0, 0.05) is 12.4 Å². The molecule has 4 rings (SSSR count). The van der Waals surface area contributed by atoms with Crippen molar-refractivity contribution in [2.45, 2.75) is 85.5 Å². The molecule has 0 aliphatic rings. The second kappa shape index (κ2) is 13.6. The average Bonchev–Trinajstić information content (AvgIpc) is 2.95. The van der Waals surface area contributed by atoms with Crippen LogP contribution in [0.25, 0.3) is 0 Å². The summed E-state index contributed by atoms with van der Waals surface area (Å²) in [4.78, 5) is 18.9. The quantitative estimate of drug-likeness (QED) is 0.186. The first kappa shape index (κ1) is 30.0. The van der Waals surface area contributed by atoms with Gasteiger partial charge in [-0.1, -0.05) is 91.8 Å². The van der Waals surface area contributed by atoms with Crippen LogP contribution in [0.5, 0.6) is 0 Å². The molecule has 0 spiro atoms. The summed E-state index contributed by atoms with van der Waals surface area (Å²) in [6.07, 6.45) is 8.27. The van der Waals surface area contributed by atoms with Crippen molar-refractivity contribution in [2.24, 2.45) is 9.98 Å². The summed E-state index contributed by atoms with van der Waals surface area (Å²) in [5.41, 5.74) is 11.7. The Balaban J connectivity index is 1.77. The van der Waals surface area contributed by atoms with Gasteiger partial charge >= 0.3 is 0 Å². The van der Waals surface area contributed by atoms with Gasteiger partial charge in [-0.3, -0.25) is 20.0 Å². The second-order valence-electron chi connectivity index (χ2n) is 12.1. The fraction of sp³-hybridized carbons (Fsp3) is 0.351. The molecule has 4 heteroatoms. The number of benzene rings is 2. The first-order valence-corrected chi connectivity index (χ1v) is 14.9. The van der Waals surface area contributed by atoms with Crippen LogP contribution in [-0.2, 0) is 6.42 Å². The summed E-state index contributed by atoms with van der Waals surface area (Å²) in [7, 11) is 0. The van der Waals surface area contributed by atoms with Gasteiger partial charge in [0.05, 0.1) is 35.2 Å². The normalized spacial score (nSPS) is 12.2. The van der Waals surface area contributed by atoms with E-state index in [0.717, 1.165) is 29.2 Å². The Labute approximate surface area is 246 Å². The molecule has 0 fully saturated rings. The molecule has 0 aliphatic carbocycles. The third-order valence-corrected chi connectivity index (χ3v) is 7.38. The Bertz CT molecular complexity index is 1320. The van der Waals surface area contributed by atoms with E-state index in [2.05, 4.69) is 89.6 Å². The molecule has 0 radical (unpaired) electrons. The van der Waals surface area contributed by atoms with Crippen molar-refractivity contribution in [2.75, 3.05) is 0 Å². The number of nitrogens with zero attached hydrogens (tertiary/aromatic N) is 4. The summed E-state index contributed by atoms with van der Waals surface area (Å²) in [5, 5.41) is 0. The fourth-order valence-corrected chi connectivity index (χ4v) is 5.15. The lowest BCUT2D eigenvalue weighted by Crippen LogP contribution is -2.03. The Hall–Kier alpha value is -3.92. The van der Waals surface area contributed by atoms with Gasteiger partial charge in [-0.2, -0.15) is 0 Å². The first-order valence-electron chi connectivity index (χ1n) is 14.9. The van der Waals surface area contributed by atoms with Crippen LogP contribution in [0.4, 0.5) is 11.4 Å². The molecule has 2 aromatic carbocycles. The Morgan fingerprint density at radius 3 is 1.15 bits per heavy atom. The van der Waals surface area contributed by atoms with Crippen LogP contribution in [0, 0.1) is 0 Å². The number of aliphatic imine (C=N–C) groups is 2. The molecule has 0 N–H and O–H groups in total. The van der Waals surface area contributed by atoms with Crippen molar-refractivity contribution >= 4 is 23.8 Å². The molecule has 2 aromatic heterocycles. The number of rotatable bonds is 10. The molecule has 212 valence electrons. The molecule has 0 bridgehead atoms. The maximum atomic E-state index is 4.99. The van der Waals surface area contributed by atoms with Crippen LogP contribution in [0.1, 0.15) is 124 Å². The van der Waals surface area contributed by atoms with E-state index in [1.807, 2.05) is 61.2 Å². The molecule has 41 heavy (non-hydrogen) atoms. The van der Waals surface area contributed by atoms with Crippen LogP contribution < -0.4 is 0 Å². The lowest BCUT2D eigenvalue weighted by atomic mass is 9.86. The van der Waals surface area contributed by atoms with Crippen molar-refractivity contribution in [3.8, 4) is 0 Å². The zero-order chi connectivity index (χ0) is 29.5. The molecule has 0 aliphatic heterocycles. The molecule has 2 heterocycles. The van der Waals surface area contributed by atoms with Crippen LogP contribution in [0.3, 0.4) is 0 Å². The van der Waals surface area contributed by atoms with Crippen LogP contribution >= 0.6 is 0 Å². The van der Waals surface area contributed by atoms with Gasteiger partial charge < -0.3 is 0 Å². The van der Waals surface area contributed by atoms with Crippen molar-refractivity contribution < 1.29 is 0 Å². The first-order chi connectivity index (χ1) is 19.6. The van der Waals surface area contributed by atoms with E-state index in [1.54, 1.807) is 0 Å². The average molecular weight is 545 g/mol. The predicted octanol–water partition coefficient (Wildman–Crippen LogP) is 10.1. The summed E-state index contributed by atoms with van der Waals surface area (Å²) >= 11 is 0. The van der Waals surface area contributed by atoms with Crippen molar-refractivity contribution in [1.82, 2.24) is 9.97 Å². The SMILES string of the molecule is CC(C)c1cc(Cc2cc(C(C)C)c(N=Cc3ccccn3)c(C(C)C)c2)cc(C(C)C)c1N=Cc1ccccn1. The number of aromatic nitrogens is 2. The largest absolute Gasteiger partial charge is 0.255 e. The minimum absolute atomic E-state index is 0.351. The molecule has 0 saturated carbocycles. The van der Waals surface area contributed by atoms with E-state index >= 15 is 0 Å². The Morgan fingerprint density at radius 1 is 0.537 bits per heavy atom. The van der Waals surface area contributed by atoms with Gasteiger partial charge in [-0.25, -0.2) is 0 Å². The molecule has 0 unspecified atom stereocenters. The van der Waals surface area contributed by atoms with E-state index in [9.17, 15) is 0 Å². The summed E-state index contributed by atoms with van der Waals surface area (Å²) < 4.78 is 0. The highest BCUT2D eigenvalue weighted by Crippen LogP contribution is 2.39. The van der Waals surface area contributed by atoms with Crippen LogP contribution in [-0.4, -0.2) is 22.4 Å². The molecule has 0 atom stereocenters. The molecule has 4 aromatic rings. The van der Waals surface area contributed by atoms with E-state index < -0.39 is 0 Å². The van der Waals surface area contributed by atoms with E-state index in [-0.39, 0.29) is 0 Å². The number of hydrogen-bond donors (Lipinski definition) is 0. The monoisotopic (exact) mass is 544 g/mol. The highest BCUT2D eigenvalue weighted by Gasteiger charge is 2.19. The molecule has 4 nitrogen and oxygen atoms in total. The zero-order valence-corrected chi connectivity index (χ0v) is 25.9. The van der Waals surface area contributed by atoms with Crippen molar-refractivity contribution in [3.05, 3.63) is 118 Å². The van der Waals surface area contributed by atoms with E-state index in [4.69, 9.17) is 9.98 Å². The van der Waals surface area contributed by atoms with Gasteiger partial charge in [0.1, 0.15) is 0 Å². The topological polar surface area (TPSA) is 50.5 Å². The maximum absolute atomic E-state index is 4.99. The van der Waals surface area contributed by atoms with Crippen LogP contribution in [0.2, 0.25) is 0 Å². The second-order valence-corrected chi connectivity index (χ2v) is 12.1. The van der Waals surface area contributed by atoms with Gasteiger partial charge in [0.2, 0.25) is 0 Å². The van der Waals surface area contributed by atoms with Gasteiger partial charge in [-0.05, 0) is 87.7 Å². The highest BCUT2D eigenvalue weighted by atomic mass is 14.8. The standard InChI is InChI=1S/C37H44N4/c1-24(2)32-18-28(19-33(25(3)4)36(32)40-22-30-13-9-11-15-38-30)17-29-20-34(26(5)6)37(35(21-29)27(7)8)41-23-31-14-10-12-16-39-31/h9-16,18-27H,17H2,1-8H3. The third kappa shape index (κ3) is 7.64. The van der Waals surface area contributed by atoms with Gasteiger partial charge in [0.15, 0.2) is 0 Å². The summed E-state index contributed by atoms with van der Waals surface area (Å²) in [6.45, 7) is 18.0. The van der Waals surface area contributed by atoms with Crippen molar-refractivity contribution in [1.29, 1.82) is 0 Å².